The lowest BCUT2D eigenvalue weighted by atomic mass is 10.2. The van der Waals surface area contributed by atoms with Crippen LogP contribution in [0.2, 0.25) is 0 Å². The Morgan fingerprint density at radius 3 is 2.80 bits per heavy atom. The van der Waals surface area contributed by atoms with E-state index < -0.39 is 0 Å². The van der Waals surface area contributed by atoms with Gasteiger partial charge in [-0.1, -0.05) is 19.9 Å². The van der Waals surface area contributed by atoms with Gasteiger partial charge in [-0.2, -0.15) is 0 Å². The highest BCUT2D eigenvalue weighted by Gasteiger charge is 1.92. The molecule has 0 atom stereocenters. The highest BCUT2D eigenvalue weighted by molar-refractivity contribution is 7.12. The molecule has 0 bridgehead atoms. The third-order valence-corrected chi connectivity index (χ3v) is 3.05. The molecule has 1 nitrogen and oxygen atoms in total. The molecular weight excluding hydrogens is 202 g/mol. The van der Waals surface area contributed by atoms with Gasteiger partial charge in [0, 0.05) is 9.75 Å². The molecule has 84 valence electrons. The number of rotatable bonds is 6. The highest BCUT2D eigenvalue weighted by Crippen LogP contribution is 2.16. The lowest BCUT2D eigenvalue weighted by molar-refractivity contribution is 0.557. The summed E-state index contributed by atoms with van der Waals surface area (Å²) in [5.74, 6) is 0.744. The molecule has 0 aromatic carbocycles. The summed E-state index contributed by atoms with van der Waals surface area (Å²) in [6, 6.07) is 4.35. The van der Waals surface area contributed by atoms with E-state index in [1.807, 2.05) is 11.3 Å². The van der Waals surface area contributed by atoms with Gasteiger partial charge in [0.1, 0.15) is 0 Å². The van der Waals surface area contributed by atoms with Crippen molar-refractivity contribution in [1.82, 2.24) is 5.32 Å². The van der Waals surface area contributed by atoms with Gasteiger partial charge in [-0.25, -0.2) is 0 Å². The minimum Gasteiger partial charge on any atom is -0.316 e. The maximum Gasteiger partial charge on any atom is 0.0269 e. The summed E-state index contributed by atoms with van der Waals surface area (Å²) in [7, 11) is 0. The number of aryl methyl sites for hydroxylation is 1. The van der Waals surface area contributed by atoms with Crippen molar-refractivity contribution in [3.05, 3.63) is 28.0 Å². The smallest absolute Gasteiger partial charge is 0.0269 e. The fourth-order valence-electron chi connectivity index (χ4n) is 1.32. The second-order valence-corrected chi connectivity index (χ2v) is 5.56. The van der Waals surface area contributed by atoms with Crippen LogP contribution in [0.4, 0.5) is 0 Å². The zero-order chi connectivity index (χ0) is 11.1. The van der Waals surface area contributed by atoms with Crippen molar-refractivity contribution in [2.24, 2.45) is 5.92 Å². The van der Waals surface area contributed by atoms with E-state index in [2.05, 4.69) is 50.4 Å². The first kappa shape index (κ1) is 12.5. The van der Waals surface area contributed by atoms with Crippen LogP contribution < -0.4 is 5.32 Å². The third-order valence-electron chi connectivity index (χ3n) is 2.08. The van der Waals surface area contributed by atoms with Crippen molar-refractivity contribution in [2.75, 3.05) is 13.1 Å². The first-order valence-electron chi connectivity index (χ1n) is 5.62. The predicted molar refractivity (Wildman–Crippen MR) is 70.4 cm³/mol. The van der Waals surface area contributed by atoms with Crippen molar-refractivity contribution in [3.8, 4) is 0 Å². The van der Waals surface area contributed by atoms with E-state index in [1.54, 1.807) is 0 Å². The van der Waals surface area contributed by atoms with Gasteiger partial charge in [0.15, 0.2) is 0 Å². The molecule has 0 aliphatic carbocycles. The molecule has 1 N–H and O–H groups in total. The van der Waals surface area contributed by atoms with E-state index in [0.717, 1.165) is 25.4 Å². The Kier molecular flexibility index (Phi) is 5.66. The molecule has 1 heterocycles. The van der Waals surface area contributed by atoms with Gasteiger partial charge in [0.2, 0.25) is 0 Å². The molecule has 0 aliphatic heterocycles. The first-order chi connectivity index (χ1) is 7.18. The van der Waals surface area contributed by atoms with Gasteiger partial charge >= 0.3 is 0 Å². The van der Waals surface area contributed by atoms with Gasteiger partial charge in [-0.3, -0.25) is 0 Å². The summed E-state index contributed by atoms with van der Waals surface area (Å²) in [5.41, 5.74) is 0. The molecule has 2 heteroatoms. The van der Waals surface area contributed by atoms with Gasteiger partial charge in [-0.15, -0.1) is 11.3 Å². The molecule has 0 amide bonds. The number of hydrogen-bond donors (Lipinski definition) is 1. The Balaban J connectivity index is 2.12. The fourth-order valence-corrected chi connectivity index (χ4v) is 2.13. The van der Waals surface area contributed by atoms with Crippen LogP contribution in [0, 0.1) is 12.8 Å². The van der Waals surface area contributed by atoms with Crippen LogP contribution >= 0.6 is 11.3 Å². The van der Waals surface area contributed by atoms with Crippen LogP contribution in [0.1, 0.15) is 30.0 Å². The van der Waals surface area contributed by atoms with Crippen LogP contribution in [0.25, 0.3) is 6.08 Å². The average Bonchev–Trinajstić information content (AvgIpc) is 2.57. The molecule has 0 saturated carbocycles. The second-order valence-electron chi connectivity index (χ2n) is 4.24. The van der Waals surface area contributed by atoms with E-state index in [4.69, 9.17) is 0 Å². The minimum atomic E-state index is 0.744. The second kappa shape index (κ2) is 6.81. The van der Waals surface area contributed by atoms with E-state index in [0.29, 0.717) is 0 Å². The normalized spacial score (nSPS) is 11.7. The van der Waals surface area contributed by atoms with E-state index in [-0.39, 0.29) is 0 Å². The lowest BCUT2D eigenvalue weighted by Gasteiger charge is -2.04. The number of nitrogens with one attached hydrogen (secondary N) is 1. The maximum absolute atomic E-state index is 3.43. The lowest BCUT2D eigenvalue weighted by Crippen LogP contribution is -2.20. The minimum absolute atomic E-state index is 0.744. The van der Waals surface area contributed by atoms with Crippen molar-refractivity contribution < 1.29 is 0 Å². The molecule has 0 saturated heterocycles. The van der Waals surface area contributed by atoms with E-state index >= 15 is 0 Å². The standard InChI is InChI=1S/C13H21NS/c1-11(2)10-14-9-5-4-6-13-8-7-12(3)15-13/h4,6-8,11,14H,5,9-10H2,1-3H3. The molecule has 0 radical (unpaired) electrons. The summed E-state index contributed by atoms with van der Waals surface area (Å²) in [6.07, 6.45) is 5.58. The molecule has 0 spiro atoms. The molecule has 1 aromatic heterocycles. The summed E-state index contributed by atoms with van der Waals surface area (Å²) >= 11 is 1.85. The monoisotopic (exact) mass is 223 g/mol. The highest BCUT2D eigenvalue weighted by atomic mass is 32.1. The molecule has 0 fully saturated rings. The van der Waals surface area contributed by atoms with Crippen LogP contribution in [0.5, 0.6) is 0 Å². The van der Waals surface area contributed by atoms with Gasteiger partial charge in [-0.05, 0) is 50.6 Å². The molecule has 15 heavy (non-hydrogen) atoms. The molecule has 1 aromatic rings. The van der Waals surface area contributed by atoms with Crippen LogP contribution in [-0.2, 0) is 0 Å². The van der Waals surface area contributed by atoms with Crippen LogP contribution in [-0.4, -0.2) is 13.1 Å². The van der Waals surface area contributed by atoms with Crippen molar-refractivity contribution in [1.29, 1.82) is 0 Å². The number of hydrogen-bond acceptors (Lipinski definition) is 2. The quantitative estimate of drug-likeness (QED) is 0.725. The van der Waals surface area contributed by atoms with Gasteiger partial charge in [0.05, 0.1) is 0 Å². The predicted octanol–water partition coefficient (Wildman–Crippen LogP) is 3.71. The van der Waals surface area contributed by atoms with E-state index in [1.165, 1.54) is 9.75 Å². The zero-order valence-corrected chi connectivity index (χ0v) is 10.7. The van der Waals surface area contributed by atoms with Crippen molar-refractivity contribution >= 4 is 17.4 Å². The Bertz CT molecular complexity index is 299. The summed E-state index contributed by atoms with van der Waals surface area (Å²) in [5, 5.41) is 3.43. The topological polar surface area (TPSA) is 12.0 Å². The molecule has 0 unspecified atom stereocenters. The van der Waals surface area contributed by atoms with Crippen LogP contribution in [0.15, 0.2) is 18.2 Å². The fraction of sp³-hybridized carbons (Fsp3) is 0.538. The third kappa shape index (κ3) is 5.75. The average molecular weight is 223 g/mol. The van der Waals surface area contributed by atoms with E-state index in [9.17, 15) is 0 Å². The SMILES string of the molecule is Cc1ccc(C=CCCNCC(C)C)s1. The Hall–Kier alpha value is -0.600. The first-order valence-corrected chi connectivity index (χ1v) is 6.44. The van der Waals surface area contributed by atoms with Crippen molar-refractivity contribution in [2.45, 2.75) is 27.2 Å². The molecular formula is C13H21NS. The summed E-state index contributed by atoms with van der Waals surface area (Å²) in [6.45, 7) is 8.81. The number of thiophene rings is 1. The molecule has 1 rings (SSSR count). The van der Waals surface area contributed by atoms with Crippen LogP contribution in [0.3, 0.4) is 0 Å². The van der Waals surface area contributed by atoms with Gasteiger partial charge < -0.3 is 5.32 Å². The zero-order valence-electron chi connectivity index (χ0n) is 9.92. The summed E-state index contributed by atoms with van der Waals surface area (Å²) in [4.78, 5) is 2.74. The Morgan fingerprint density at radius 1 is 1.40 bits per heavy atom. The maximum atomic E-state index is 3.43. The van der Waals surface area contributed by atoms with Crippen molar-refractivity contribution in [3.63, 3.8) is 0 Å². The Labute approximate surface area is 97.2 Å². The van der Waals surface area contributed by atoms with Gasteiger partial charge in [0.25, 0.3) is 0 Å². The Morgan fingerprint density at radius 2 is 2.20 bits per heavy atom. The molecule has 0 aliphatic rings. The summed E-state index contributed by atoms with van der Waals surface area (Å²) < 4.78 is 0. The largest absolute Gasteiger partial charge is 0.316 e.